The van der Waals surface area contributed by atoms with Crippen molar-refractivity contribution in [1.82, 2.24) is 9.97 Å². The van der Waals surface area contributed by atoms with E-state index in [0.717, 1.165) is 11.0 Å². The van der Waals surface area contributed by atoms with Crippen LogP contribution in [-0.2, 0) is 21.3 Å². The first-order valence-electron chi connectivity index (χ1n) is 7.47. The van der Waals surface area contributed by atoms with Gasteiger partial charge < -0.3 is 15.5 Å². The van der Waals surface area contributed by atoms with Gasteiger partial charge in [-0.1, -0.05) is 24.3 Å². The topological polar surface area (TPSA) is 98.1 Å². The summed E-state index contributed by atoms with van der Waals surface area (Å²) in [5.74, 6) is -0.315. The highest BCUT2D eigenvalue weighted by Gasteiger charge is 2.17. The molecule has 6 nitrogen and oxygen atoms in total. The Bertz CT molecular complexity index is 887. The molecule has 0 amide bonds. The van der Waals surface area contributed by atoms with Crippen molar-refractivity contribution in [3.05, 3.63) is 53.6 Å². The van der Waals surface area contributed by atoms with Gasteiger partial charge in [0.2, 0.25) is 0 Å². The molecule has 3 aromatic rings. The van der Waals surface area contributed by atoms with Crippen LogP contribution in [0.25, 0.3) is 11.0 Å². The van der Waals surface area contributed by atoms with Crippen LogP contribution in [0.2, 0.25) is 0 Å². The molecule has 124 valence electrons. The summed E-state index contributed by atoms with van der Waals surface area (Å²) in [7, 11) is -1.40. The third-order valence-electron chi connectivity index (χ3n) is 3.56. The van der Waals surface area contributed by atoms with Gasteiger partial charge in [-0.2, -0.15) is 0 Å². The average molecular weight is 343 g/mol. The van der Waals surface area contributed by atoms with E-state index in [0.29, 0.717) is 16.4 Å². The van der Waals surface area contributed by atoms with Crippen molar-refractivity contribution in [2.24, 2.45) is 0 Å². The number of ether oxygens (including phenoxy) is 1. The van der Waals surface area contributed by atoms with E-state index in [9.17, 15) is 9.00 Å². The van der Waals surface area contributed by atoms with Crippen LogP contribution in [0, 0.1) is 0 Å². The first-order valence-corrected chi connectivity index (χ1v) is 8.79. The molecule has 1 aromatic heterocycles. The third-order valence-corrected chi connectivity index (χ3v) is 4.76. The van der Waals surface area contributed by atoms with Crippen LogP contribution in [-0.4, -0.2) is 26.8 Å². The second-order valence-electron chi connectivity index (χ2n) is 5.15. The number of carbonyl (C=O) groups excluding carboxylic acids is 1. The van der Waals surface area contributed by atoms with Gasteiger partial charge in [0.1, 0.15) is 0 Å². The molecule has 1 unspecified atom stereocenters. The summed E-state index contributed by atoms with van der Waals surface area (Å²) in [6.45, 7) is 2.00. The summed E-state index contributed by atoms with van der Waals surface area (Å²) in [4.78, 5) is 19.3. The zero-order valence-electron chi connectivity index (χ0n) is 13.1. The van der Waals surface area contributed by atoms with Crippen LogP contribution in [0.15, 0.2) is 47.6 Å². The van der Waals surface area contributed by atoms with Gasteiger partial charge in [0.15, 0.2) is 5.16 Å². The molecule has 0 aliphatic rings. The van der Waals surface area contributed by atoms with E-state index in [-0.39, 0.29) is 17.9 Å². The number of H-pyrrole nitrogens is 1. The maximum absolute atomic E-state index is 12.6. The Hall–Kier alpha value is -2.67. The van der Waals surface area contributed by atoms with Crippen molar-refractivity contribution in [1.29, 1.82) is 0 Å². The van der Waals surface area contributed by atoms with E-state index >= 15 is 0 Å². The Morgan fingerprint density at radius 3 is 2.79 bits per heavy atom. The molecule has 7 heteroatoms. The lowest BCUT2D eigenvalue weighted by atomic mass is 10.1. The van der Waals surface area contributed by atoms with E-state index in [1.54, 1.807) is 25.1 Å². The van der Waals surface area contributed by atoms with Crippen molar-refractivity contribution >= 4 is 33.5 Å². The van der Waals surface area contributed by atoms with Gasteiger partial charge in [0.25, 0.3) is 0 Å². The SMILES string of the molecule is CCOC(=O)c1cccc(CS(=O)c2nc3ccccc3[nH]2)c1N. The Kier molecular flexibility index (Phi) is 4.61. The van der Waals surface area contributed by atoms with Gasteiger partial charge in [-0.15, -0.1) is 0 Å². The fourth-order valence-corrected chi connectivity index (χ4v) is 3.47. The average Bonchev–Trinajstić information content (AvgIpc) is 3.01. The lowest BCUT2D eigenvalue weighted by Crippen LogP contribution is -2.11. The minimum Gasteiger partial charge on any atom is -0.462 e. The number of imidazole rings is 1. The number of rotatable bonds is 5. The maximum Gasteiger partial charge on any atom is 0.340 e. The molecular formula is C17H17N3O3S. The second kappa shape index (κ2) is 6.84. The van der Waals surface area contributed by atoms with Gasteiger partial charge >= 0.3 is 5.97 Å². The van der Waals surface area contributed by atoms with Crippen LogP contribution in [0.4, 0.5) is 5.69 Å². The quantitative estimate of drug-likeness (QED) is 0.548. The van der Waals surface area contributed by atoms with Crippen LogP contribution < -0.4 is 5.73 Å². The van der Waals surface area contributed by atoms with E-state index < -0.39 is 16.8 Å². The monoisotopic (exact) mass is 343 g/mol. The number of nitrogens with zero attached hydrogens (tertiary/aromatic N) is 1. The Morgan fingerprint density at radius 2 is 2.04 bits per heavy atom. The van der Waals surface area contributed by atoms with Gasteiger partial charge in [-0.3, -0.25) is 4.21 Å². The summed E-state index contributed by atoms with van der Waals surface area (Å²) in [5, 5.41) is 0.386. The molecule has 0 saturated carbocycles. The highest BCUT2D eigenvalue weighted by Crippen LogP contribution is 2.22. The number of hydrogen-bond acceptors (Lipinski definition) is 5. The number of aromatic nitrogens is 2. The Morgan fingerprint density at radius 1 is 1.25 bits per heavy atom. The molecule has 0 aliphatic carbocycles. The van der Waals surface area contributed by atoms with E-state index in [4.69, 9.17) is 10.5 Å². The minimum atomic E-state index is -1.40. The highest BCUT2D eigenvalue weighted by molar-refractivity contribution is 7.84. The molecule has 3 N–H and O–H groups in total. The molecule has 0 saturated heterocycles. The van der Waals surface area contributed by atoms with Crippen molar-refractivity contribution in [3.63, 3.8) is 0 Å². The molecule has 0 bridgehead atoms. The van der Waals surface area contributed by atoms with Crippen LogP contribution >= 0.6 is 0 Å². The number of esters is 1. The Balaban J connectivity index is 1.86. The molecular weight excluding hydrogens is 326 g/mol. The smallest absolute Gasteiger partial charge is 0.340 e. The van der Waals surface area contributed by atoms with E-state index in [2.05, 4.69) is 9.97 Å². The standard InChI is InChI=1S/C17H17N3O3S/c1-2-23-16(21)12-7-5-6-11(15(12)18)10-24(22)17-19-13-8-3-4-9-14(13)20-17/h3-9H,2,10,18H2,1H3,(H,19,20). The molecule has 24 heavy (non-hydrogen) atoms. The number of nitrogen functional groups attached to an aromatic ring is 1. The fourth-order valence-electron chi connectivity index (χ4n) is 2.37. The van der Waals surface area contributed by atoms with Crippen LogP contribution in [0.3, 0.4) is 0 Å². The molecule has 0 aliphatic heterocycles. The lowest BCUT2D eigenvalue weighted by molar-refractivity contribution is 0.0527. The number of para-hydroxylation sites is 3. The summed E-state index contributed by atoms with van der Waals surface area (Å²) in [6.07, 6.45) is 0. The number of benzene rings is 2. The number of nitrogens with two attached hydrogens (primary N) is 1. The van der Waals surface area contributed by atoms with Crippen LogP contribution in [0.5, 0.6) is 0 Å². The van der Waals surface area contributed by atoms with Crippen molar-refractivity contribution in [2.45, 2.75) is 17.8 Å². The molecule has 3 rings (SSSR count). The zero-order valence-corrected chi connectivity index (χ0v) is 13.9. The largest absolute Gasteiger partial charge is 0.462 e. The number of fused-ring (bicyclic) bond motifs is 1. The summed E-state index contributed by atoms with van der Waals surface area (Å²) < 4.78 is 17.6. The van der Waals surface area contributed by atoms with Crippen LogP contribution in [0.1, 0.15) is 22.8 Å². The zero-order chi connectivity index (χ0) is 17.1. The number of anilines is 1. The van der Waals surface area contributed by atoms with E-state index in [1.807, 2.05) is 24.3 Å². The van der Waals surface area contributed by atoms with Gasteiger partial charge in [-0.25, -0.2) is 9.78 Å². The second-order valence-corrected chi connectivity index (χ2v) is 6.51. The summed E-state index contributed by atoms with van der Waals surface area (Å²) >= 11 is 0. The molecule has 0 spiro atoms. The van der Waals surface area contributed by atoms with Gasteiger partial charge in [-0.05, 0) is 30.7 Å². The summed E-state index contributed by atoms with van der Waals surface area (Å²) in [5.41, 5.74) is 8.84. The third kappa shape index (κ3) is 3.16. The molecule has 2 aromatic carbocycles. The maximum atomic E-state index is 12.6. The predicted molar refractivity (Wildman–Crippen MR) is 93.0 cm³/mol. The first kappa shape index (κ1) is 16.2. The molecule has 1 heterocycles. The number of carbonyl (C=O) groups is 1. The van der Waals surface area contributed by atoms with Gasteiger partial charge in [0, 0.05) is 0 Å². The number of hydrogen-bond donors (Lipinski definition) is 2. The number of nitrogens with one attached hydrogen (secondary N) is 1. The van der Waals surface area contributed by atoms with Crippen molar-refractivity contribution in [2.75, 3.05) is 12.3 Å². The highest BCUT2D eigenvalue weighted by atomic mass is 32.2. The predicted octanol–water partition coefficient (Wildman–Crippen LogP) is 2.63. The number of aromatic amines is 1. The Labute approximate surface area is 141 Å². The molecule has 0 radical (unpaired) electrons. The molecule has 0 fully saturated rings. The summed E-state index contributed by atoms with van der Waals surface area (Å²) in [6, 6.07) is 12.5. The minimum absolute atomic E-state index is 0.166. The van der Waals surface area contributed by atoms with Crippen molar-refractivity contribution < 1.29 is 13.7 Å². The normalized spacial score (nSPS) is 12.2. The fraction of sp³-hybridized carbons (Fsp3) is 0.176. The van der Waals surface area contributed by atoms with Crippen molar-refractivity contribution in [3.8, 4) is 0 Å². The molecule has 1 atom stereocenters. The van der Waals surface area contributed by atoms with E-state index in [1.165, 1.54) is 0 Å². The lowest BCUT2D eigenvalue weighted by Gasteiger charge is -2.09. The van der Waals surface area contributed by atoms with Gasteiger partial charge in [0.05, 0.1) is 45.4 Å². The first-order chi connectivity index (χ1) is 11.6.